The van der Waals surface area contributed by atoms with E-state index < -0.39 is 0 Å². The Balaban J connectivity index is 2.48. The van der Waals surface area contributed by atoms with Gasteiger partial charge in [-0.05, 0) is 45.0 Å². The van der Waals surface area contributed by atoms with E-state index >= 15 is 0 Å². The van der Waals surface area contributed by atoms with Crippen LogP contribution in [0.1, 0.15) is 38.8 Å². The van der Waals surface area contributed by atoms with Gasteiger partial charge in [-0.2, -0.15) is 0 Å². The first-order valence-electron chi connectivity index (χ1n) is 6.73. The van der Waals surface area contributed by atoms with Crippen LogP contribution in [0.25, 0.3) is 0 Å². The summed E-state index contributed by atoms with van der Waals surface area (Å²) in [6.45, 7) is 8.80. The third kappa shape index (κ3) is 5.09. The monoisotopic (exact) mass is 312 g/mol. The third-order valence-corrected chi connectivity index (χ3v) is 3.89. The van der Waals surface area contributed by atoms with Crippen LogP contribution >= 0.6 is 15.9 Å². The summed E-state index contributed by atoms with van der Waals surface area (Å²) in [7, 11) is 2.17. The zero-order valence-electron chi connectivity index (χ0n) is 11.9. The van der Waals surface area contributed by atoms with Crippen molar-refractivity contribution in [3.8, 4) is 0 Å². The molecule has 0 aliphatic carbocycles. The molecule has 1 N–H and O–H groups in total. The molecule has 0 aliphatic rings. The molecule has 0 aromatic heterocycles. The largest absolute Gasteiger partial charge is 0.309 e. The van der Waals surface area contributed by atoms with Gasteiger partial charge in [0.15, 0.2) is 0 Å². The Kier molecular flexibility index (Phi) is 6.90. The van der Waals surface area contributed by atoms with E-state index in [1.807, 2.05) is 0 Å². The van der Waals surface area contributed by atoms with Crippen molar-refractivity contribution in [2.75, 3.05) is 20.1 Å². The van der Waals surface area contributed by atoms with Gasteiger partial charge in [-0.25, -0.2) is 0 Å². The van der Waals surface area contributed by atoms with Gasteiger partial charge < -0.3 is 10.2 Å². The second-order valence-corrected chi connectivity index (χ2v) is 5.96. The number of halogens is 1. The number of hydrogen-bond acceptors (Lipinski definition) is 2. The fourth-order valence-corrected chi connectivity index (χ4v) is 2.31. The summed E-state index contributed by atoms with van der Waals surface area (Å²) >= 11 is 3.53. The van der Waals surface area contributed by atoms with E-state index in [1.54, 1.807) is 0 Å². The zero-order chi connectivity index (χ0) is 13.5. The lowest BCUT2D eigenvalue weighted by molar-refractivity contribution is 0.268. The van der Waals surface area contributed by atoms with Gasteiger partial charge in [0, 0.05) is 29.6 Å². The number of benzene rings is 1. The Labute approximate surface area is 120 Å². The van der Waals surface area contributed by atoms with Crippen LogP contribution in [0.15, 0.2) is 28.7 Å². The molecule has 0 saturated carbocycles. The Morgan fingerprint density at radius 1 is 1.33 bits per heavy atom. The Morgan fingerprint density at radius 3 is 2.61 bits per heavy atom. The molecule has 0 bridgehead atoms. The van der Waals surface area contributed by atoms with Crippen LogP contribution in [0.5, 0.6) is 0 Å². The van der Waals surface area contributed by atoms with Crippen molar-refractivity contribution in [3.63, 3.8) is 0 Å². The van der Waals surface area contributed by atoms with Gasteiger partial charge >= 0.3 is 0 Å². The van der Waals surface area contributed by atoms with E-state index in [1.165, 1.54) is 5.56 Å². The number of nitrogens with one attached hydrogen (secondary N) is 1. The van der Waals surface area contributed by atoms with Crippen LogP contribution in [-0.4, -0.2) is 31.1 Å². The maximum absolute atomic E-state index is 3.64. The van der Waals surface area contributed by atoms with Crippen LogP contribution < -0.4 is 5.32 Å². The highest BCUT2D eigenvalue weighted by molar-refractivity contribution is 9.10. The molecule has 1 unspecified atom stereocenters. The zero-order valence-corrected chi connectivity index (χ0v) is 13.5. The summed E-state index contributed by atoms with van der Waals surface area (Å²) in [6, 6.07) is 9.62. The molecule has 18 heavy (non-hydrogen) atoms. The SMILES string of the molecule is CCC(NCCN(C)C(C)C)c1cccc(Br)c1. The lowest BCUT2D eigenvalue weighted by Gasteiger charge is -2.23. The summed E-state index contributed by atoms with van der Waals surface area (Å²) in [4.78, 5) is 2.36. The van der Waals surface area contributed by atoms with Gasteiger partial charge in [-0.3, -0.25) is 0 Å². The standard InChI is InChI=1S/C15H25BrN2/c1-5-15(13-7-6-8-14(16)11-13)17-9-10-18(4)12(2)3/h6-8,11-12,15,17H,5,9-10H2,1-4H3. The van der Waals surface area contributed by atoms with Gasteiger partial charge in [-0.1, -0.05) is 35.0 Å². The second kappa shape index (κ2) is 7.93. The Bertz CT molecular complexity index is 352. The van der Waals surface area contributed by atoms with E-state index in [4.69, 9.17) is 0 Å². The predicted octanol–water partition coefficient (Wildman–Crippen LogP) is 3.83. The third-order valence-electron chi connectivity index (χ3n) is 3.40. The molecule has 2 nitrogen and oxygen atoms in total. The first-order chi connectivity index (χ1) is 8.54. The van der Waals surface area contributed by atoms with E-state index in [2.05, 4.69) is 78.2 Å². The van der Waals surface area contributed by atoms with Crippen molar-refractivity contribution >= 4 is 15.9 Å². The van der Waals surface area contributed by atoms with Crippen LogP contribution in [0.3, 0.4) is 0 Å². The number of likely N-dealkylation sites (N-methyl/N-ethyl adjacent to an activating group) is 1. The maximum Gasteiger partial charge on any atom is 0.0318 e. The average Bonchev–Trinajstić information content (AvgIpc) is 2.34. The van der Waals surface area contributed by atoms with Gasteiger partial charge in [0.2, 0.25) is 0 Å². The molecule has 1 atom stereocenters. The summed E-state index contributed by atoms with van der Waals surface area (Å²) in [5, 5.41) is 3.64. The molecule has 0 aliphatic heterocycles. The lowest BCUT2D eigenvalue weighted by Crippen LogP contribution is -2.35. The van der Waals surface area contributed by atoms with E-state index in [0.29, 0.717) is 12.1 Å². The lowest BCUT2D eigenvalue weighted by atomic mass is 10.0. The smallest absolute Gasteiger partial charge is 0.0318 e. The van der Waals surface area contributed by atoms with Gasteiger partial charge in [0.1, 0.15) is 0 Å². The van der Waals surface area contributed by atoms with Crippen molar-refractivity contribution < 1.29 is 0 Å². The summed E-state index contributed by atoms with van der Waals surface area (Å²) in [5.41, 5.74) is 1.36. The van der Waals surface area contributed by atoms with Gasteiger partial charge in [0.25, 0.3) is 0 Å². The van der Waals surface area contributed by atoms with Crippen LogP contribution in [0.4, 0.5) is 0 Å². The van der Waals surface area contributed by atoms with Crippen molar-refractivity contribution in [1.29, 1.82) is 0 Å². The molecule has 0 saturated heterocycles. The molecule has 0 fully saturated rings. The van der Waals surface area contributed by atoms with E-state index in [9.17, 15) is 0 Å². The molecule has 3 heteroatoms. The molecule has 0 spiro atoms. The van der Waals surface area contributed by atoms with Crippen LogP contribution in [-0.2, 0) is 0 Å². The Morgan fingerprint density at radius 2 is 2.06 bits per heavy atom. The number of rotatable bonds is 7. The minimum Gasteiger partial charge on any atom is -0.309 e. The quantitative estimate of drug-likeness (QED) is 0.823. The normalized spacial score (nSPS) is 13.3. The minimum absolute atomic E-state index is 0.447. The summed E-state index contributed by atoms with van der Waals surface area (Å²) < 4.78 is 1.15. The minimum atomic E-state index is 0.447. The highest BCUT2D eigenvalue weighted by Gasteiger charge is 2.09. The number of nitrogens with zero attached hydrogens (tertiary/aromatic N) is 1. The van der Waals surface area contributed by atoms with E-state index in [0.717, 1.165) is 24.0 Å². The van der Waals surface area contributed by atoms with Crippen molar-refractivity contribution in [3.05, 3.63) is 34.3 Å². The van der Waals surface area contributed by atoms with Crippen LogP contribution in [0.2, 0.25) is 0 Å². The van der Waals surface area contributed by atoms with Crippen molar-refractivity contribution in [2.24, 2.45) is 0 Å². The molecule has 102 valence electrons. The fourth-order valence-electron chi connectivity index (χ4n) is 1.89. The van der Waals surface area contributed by atoms with Crippen molar-refractivity contribution in [2.45, 2.75) is 39.3 Å². The molecule has 1 rings (SSSR count). The molecule has 0 radical (unpaired) electrons. The van der Waals surface area contributed by atoms with E-state index in [-0.39, 0.29) is 0 Å². The predicted molar refractivity (Wildman–Crippen MR) is 82.9 cm³/mol. The average molecular weight is 313 g/mol. The summed E-state index contributed by atoms with van der Waals surface area (Å²) in [5.74, 6) is 0. The highest BCUT2D eigenvalue weighted by Crippen LogP contribution is 2.20. The topological polar surface area (TPSA) is 15.3 Å². The first kappa shape index (κ1) is 15.7. The fraction of sp³-hybridized carbons (Fsp3) is 0.600. The molecular weight excluding hydrogens is 288 g/mol. The molecular formula is C15H25BrN2. The first-order valence-corrected chi connectivity index (χ1v) is 7.53. The second-order valence-electron chi connectivity index (χ2n) is 5.04. The van der Waals surface area contributed by atoms with Crippen LogP contribution in [0, 0.1) is 0 Å². The molecule has 1 aromatic rings. The molecule has 0 amide bonds. The number of hydrogen-bond donors (Lipinski definition) is 1. The molecule has 1 aromatic carbocycles. The van der Waals surface area contributed by atoms with Gasteiger partial charge in [-0.15, -0.1) is 0 Å². The maximum atomic E-state index is 3.64. The molecule has 0 heterocycles. The highest BCUT2D eigenvalue weighted by atomic mass is 79.9. The Hall–Kier alpha value is -0.380. The van der Waals surface area contributed by atoms with Crippen molar-refractivity contribution in [1.82, 2.24) is 10.2 Å². The summed E-state index contributed by atoms with van der Waals surface area (Å²) in [6.07, 6.45) is 1.11. The van der Waals surface area contributed by atoms with Gasteiger partial charge in [0.05, 0.1) is 0 Å².